The Labute approximate surface area is 117 Å². The Morgan fingerprint density at radius 2 is 2.21 bits per heavy atom. The summed E-state index contributed by atoms with van der Waals surface area (Å²) in [5.41, 5.74) is 0.0599. The zero-order valence-electron chi connectivity index (χ0n) is 11.2. The molecule has 5 heteroatoms. The molecule has 1 fully saturated rings. The predicted molar refractivity (Wildman–Crippen MR) is 74.0 cm³/mol. The molecule has 104 valence electrons. The molecule has 1 atom stereocenters. The van der Waals surface area contributed by atoms with E-state index in [0.717, 1.165) is 13.1 Å². The molecule has 0 saturated carbocycles. The van der Waals surface area contributed by atoms with Gasteiger partial charge in [-0.3, -0.25) is 9.69 Å². The van der Waals surface area contributed by atoms with E-state index < -0.39 is 5.82 Å². The Morgan fingerprint density at radius 1 is 1.47 bits per heavy atom. The maximum Gasteiger partial charge on any atom is 0.256 e. The van der Waals surface area contributed by atoms with Crippen molar-refractivity contribution in [2.45, 2.75) is 19.9 Å². The topological polar surface area (TPSA) is 23.6 Å². The van der Waals surface area contributed by atoms with Crippen LogP contribution in [0.5, 0.6) is 0 Å². The lowest BCUT2D eigenvalue weighted by molar-refractivity contribution is 0.0524. The molecule has 1 heterocycles. The lowest BCUT2D eigenvalue weighted by Gasteiger charge is -2.39. The highest BCUT2D eigenvalue weighted by atomic mass is 35.5. The zero-order chi connectivity index (χ0) is 14.0. The fourth-order valence-corrected chi connectivity index (χ4v) is 2.65. The molecule has 1 amide bonds. The van der Waals surface area contributed by atoms with Crippen LogP contribution in [-0.2, 0) is 0 Å². The number of hydrogen-bond acceptors (Lipinski definition) is 2. The fraction of sp³-hybridized carbons (Fsp3) is 0.500. The van der Waals surface area contributed by atoms with Crippen LogP contribution in [0, 0.1) is 5.82 Å². The Morgan fingerprint density at radius 3 is 2.84 bits per heavy atom. The van der Waals surface area contributed by atoms with Crippen LogP contribution in [0.2, 0.25) is 5.02 Å². The first-order valence-electron chi connectivity index (χ1n) is 6.51. The van der Waals surface area contributed by atoms with E-state index in [1.54, 1.807) is 4.90 Å². The first-order chi connectivity index (χ1) is 9.02. The average molecular weight is 285 g/mol. The average Bonchev–Trinajstić information content (AvgIpc) is 2.40. The number of carbonyl (C=O) groups is 1. The summed E-state index contributed by atoms with van der Waals surface area (Å²) >= 11 is 5.83. The van der Waals surface area contributed by atoms with E-state index in [-0.39, 0.29) is 11.5 Å². The molecule has 1 unspecified atom stereocenters. The number of nitrogens with zero attached hydrogens (tertiary/aromatic N) is 2. The van der Waals surface area contributed by atoms with E-state index in [1.165, 1.54) is 18.2 Å². The Kier molecular flexibility index (Phi) is 4.42. The third kappa shape index (κ3) is 3.07. The fourth-order valence-electron chi connectivity index (χ4n) is 2.48. The summed E-state index contributed by atoms with van der Waals surface area (Å²) in [5, 5.41) is 0.380. The maximum absolute atomic E-state index is 13.7. The SMILES string of the molecule is CCN1CCN(C(=O)c2cc(Cl)ccc2F)CC1C. The molecule has 0 bridgehead atoms. The third-order valence-corrected chi connectivity index (χ3v) is 3.85. The van der Waals surface area contributed by atoms with Crippen molar-refractivity contribution in [1.82, 2.24) is 9.80 Å². The van der Waals surface area contributed by atoms with Crippen molar-refractivity contribution in [3.05, 3.63) is 34.6 Å². The van der Waals surface area contributed by atoms with E-state index in [1.807, 2.05) is 0 Å². The molecule has 1 aliphatic rings. The molecule has 0 N–H and O–H groups in total. The maximum atomic E-state index is 13.7. The first-order valence-corrected chi connectivity index (χ1v) is 6.89. The summed E-state index contributed by atoms with van der Waals surface area (Å²) in [5.74, 6) is -0.789. The van der Waals surface area contributed by atoms with Gasteiger partial charge in [0, 0.05) is 30.7 Å². The highest BCUT2D eigenvalue weighted by Gasteiger charge is 2.27. The van der Waals surface area contributed by atoms with Gasteiger partial charge in [-0.25, -0.2) is 4.39 Å². The van der Waals surface area contributed by atoms with Gasteiger partial charge in [-0.1, -0.05) is 18.5 Å². The molecule has 19 heavy (non-hydrogen) atoms. The molecule has 0 spiro atoms. The van der Waals surface area contributed by atoms with Gasteiger partial charge in [0.1, 0.15) is 5.82 Å². The number of amides is 1. The molecular weight excluding hydrogens is 267 g/mol. The van der Waals surface area contributed by atoms with Gasteiger partial charge in [0.2, 0.25) is 0 Å². The summed E-state index contributed by atoms with van der Waals surface area (Å²) in [7, 11) is 0. The van der Waals surface area contributed by atoms with Gasteiger partial charge in [-0.05, 0) is 31.7 Å². The van der Waals surface area contributed by atoms with Crippen LogP contribution in [0.3, 0.4) is 0 Å². The first kappa shape index (κ1) is 14.3. The molecule has 0 radical (unpaired) electrons. The van der Waals surface area contributed by atoms with E-state index in [0.29, 0.717) is 24.2 Å². The predicted octanol–water partition coefficient (Wildman–Crippen LogP) is 2.65. The van der Waals surface area contributed by atoms with Crippen molar-refractivity contribution < 1.29 is 9.18 Å². The second kappa shape index (κ2) is 5.88. The molecule has 0 aliphatic carbocycles. The number of hydrogen-bond donors (Lipinski definition) is 0. The number of rotatable bonds is 2. The largest absolute Gasteiger partial charge is 0.336 e. The molecule has 2 rings (SSSR count). The Bertz CT molecular complexity index is 481. The molecule has 1 aromatic rings. The Balaban J connectivity index is 2.14. The van der Waals surface area contributed by atoms with Crippen LogP contribution >= 0.6 is 11.6 Å². The smallest absolute Gasteiger partial charge is 0.256 e. The summed E-state index contributed by atoms with van der Waals surface area (Å²) < 4.78 is 13.7. The minimum Gasteiger partial charge on any atom is -0.336 e. The van der Waals surface area contributed by atoms with Crippen LogP contribution in [-0.4, -0.2) is 47.9 Å². The van der Waals surface area contributed by atoms with Crippen LogP contribution in [0.25, 0.3) is 0 Å². The van der Waals surface area contributed by atoms with E-state index >= 15 is 0 Å². The quantitative estimate of drug-likeness (QED) is 0.833. The summed E-state index contributed by atoms with van der Waals surface area (Å²) in [6.07, 6.45) is 0. The Hall–Kier alpha value is -1.13. The summed E-state index contributed by atoms with van der Waals surface area (Å²) in [6.45, 7) is 7.23. The van der Waals surface area contributed by atoms with Crippen molar-refractivity contribution in [1.29, 1.82) is 0 Å². The van der Waals surface area contributed by atoms with Crippen molar-refractivity contribution >= 4 is 17.5 Å². The highest BCUT2D eigenvalue weighted by Crippen LogP contribution is 2.18. The standard InChI is InChI=1S/C14H18ClFN2O/c1-3-17-6-7-18(9-10(17)2)14(19)12-8-11(15)4-5-13(12)16/h4-5,8,10H,3,6-7,9H2,1-2H3. The van der Waals surface area contributed by atoms with Crippen molar-refractivity contribution in [3.63, 3.8) is 0 Å². The number of likely N-dealkylation sites (N-methyl/N-ethyl adjacent to an activating group) is 1. The molecule has 0 aromatic heterocycles. The molecular formula is C14H18ClFN2O. The monoisotopic (exact) mass is 284 g/mol. The summed E-state index contributed by atoms with van der Waals surface area (Å²) in [6, 6.07) is 4.38. The number of piperazine rings is 1. The van der Waals surface area contributed by atoms with E-state index in [9.17, 15) is 9.18 Å². The number of carbonyl (C=O) groups excluding carboxylic acids is 1. The normalized spacial score (nSPS) is 20.6. The van der Waals surface area contributed by atoms with E-state index in [4.69, 9.17) is 11.6 Å². The minimum absolute atomic E-state index is 0.0599. The third-order valence-electron chi connectivity index (χ3n) is 3.62. The van der Waals surface area contributed by atoms with Crippen molar-refractivity contribution in [2.75, 3.05) is 26.2 Å². The van der Waals surface area contributed by atoms with Gasteiger partial charge in [-0.2, -0.15) is 0 Å². The van der Waals surface area contributed by atoms with Crippen LogP contribution in [0.1, 0.15) is 24.2 Å². The van der Waals surface area contributed by atoms with Crippen LogP contribution in [0.15, 0.2) is 18.2 Å². The minimum atomic E-state index is -0.514. The van der Waals surface area contributed by atoms with Gasteiger partial charge in [0.05, 0.1) is 5.56 Å². The molecule has 1 saturated heterocycles. The molecule has 1 aromatic carbocycles. The van der Waals surface area contributed by atoms with Gasteiger partial charge in [-0.15, -0.1) is 0 Å². The molecule has 1 aliphatic heterocycles. The van der Waals surface area contributed by atoms with E-state index in [2.05, 4.69) is 18.7 Å². The highest BCUT2D eigenvalue weighted by molar-refractivity contribution is 6.31. The zero-order valence-corrected chi connectivity index (χ0v) is 12.0. The second-order valence-corrected chi connectivity index (χ2v) is 5.29. The van der Waals surface area contributed by atoms with Crippen LogP contribution < -0.4 is 0 Å². The van der Waals surface area contributed by atoms with Gasteiger partial charge >= 0.3 is 0 Å². The van der Waals surface area contributed by atoms with Crippen molar-refractivity contribution in [2.24, 2.45) is 0 Å². The lowest BCUT2D eigenvalue weighted by atomic mass is 10.1. The van der Waals surface area contributed by atoms with Crippen molar-refractivity contribution in [3.8, 4) is 0 Å². The molecule has 3 nitrogen and oxygen atoms in total. The lowest BCUT2D eigenvalue weighted by Crippen LogP contribution is -2.53. The van der Waals surface area contributed by atoms with Crippen LogP contribution in [0.4, 0.5) is 4.39 Å². The number of benzene rings is 1. The summed E-state index contributed by atoms with van der Waals surface area (Å²) in [4.78, 5) is 16.3. The second-order valence-electron chi connectivity index (χ2n) is 4.85. The number of halogens is 2. The van der Waals surface area contributed by atoms with Gasteiger partial charge < -0.3 is 4.90 Å². The van der Waals surface area contributed by atoms with Gasteiger partial charge in [0.25, 0.3) is 5.91 Å². The van der Waals surface area contributed by atoms with Gasteiger partial charge in [0.15, 0.2) is 0 Å².